The first kappa shape index (κ1) is 11.3. The van der Waals surface area contributed by atoms with Crippen molar-refractivity contribution in [3.63, 3.8) is 0 Å². The van der Waals surface area contributed by atoms with Crippen LogP contribution in [0.5, 0.6) is 5.88 Å². The maximum Gasteiger partial charge on any atom is 0.216 e. The maximum absolute atomic E-state index is 9.04. The second kappa shape index (κ2) is 5.25. The molecule has 1 heterocycles. The van der Waals surface area contributed by atoms with Gasteiger partial charge in [-0.1, -0.05) is 0 Å². The van der Waals surface area contributed by atoms with Crippen LogP contribution in [0.4, 0.5) is 0 Å². The molecule has 0 atom stereocenters. The maximum atomic E-state index is 9.04. The van der Waals surface area contributed by atoms with E-state index in [-0.39, 0.29) is 6.10 Å². The fraction of sp³-hybridized carbons (Fsp3) is 0.667. The lowest BCUT2D eigenvalue weighted by molar-refractivity contribution is 0.100. The number of aryl methyl sites for hydroxylation is 1. The van der Waals surface area contributed by atoms with Gasteiger partial charge >= 0.3 is 0 Å². The van der Waals surface area contributed by atoms with Gasteiger partial charge in [0.05, 0.1) is 0 Å². The molecule has 0 unspecified atom stereocenters. The molecule has 88 valence electrons. The van der Waals surface area contributed by atoms with Crippen LogP contribution in [0.3, 0.4) is 0 Å². The molecule has 4 nitrogen and oxygen atoms in total. The molecule has 1 aliphatic carbocycles. The van der Waals surface area contributed by atoms with Crippen molar-refractivity contribution in [1.82, 2.24) is 9.97 Å². The molecule has 2 rings (SSSR count). The predicted octanol–water partition coefficient (Wildman–Crippen LogP) is 1.71. The van der Waals surface area contributed by atoms with E-state index in [0.29, 0.717) is 18.4 Å². The molecule has 1 aromatic heterocycles. The second-order valence-corrected chi connectivity index (χ2v) is 4.39. The van der Waals surface area contributed by atoms with Crippen molar-refractivity contribution >= 4 is 0 Å². The smallest absolute Gasteiger partial charge is 0.216 e. The number of hydrogen-bond acceptors (Lipinski definition) is 4. The van der Waals surface area contributed by atoms with Gasteiger partial charge in [0.25, 0.3) is 0 Å². The zero-order valence-electron chi connectivity index (χ0n) is 9.59. The van der Waals surface area contributed by atoms with Crippen molar-refractivity contribution in [2.75, 3.05) is 6.61 Å². The van der Waals surface area contributed by atoms with Gasteiger partial charge in [-0.15, -0.1) is 0 Å². The van der Waals surface area contributed by atoms with Gasteiger partial charge in [0, 0.05) is 18.9 Å². The Morgan fingerprint density at radius 1 is 1.38 bits per heavy atom. The molecule has 1 aliphatic rings. The van der Waals surface area contributed by atoms with Crippen LogP contribution < -0.4 is 4.74 Å². The van der Waals surface area contributed by atoms with Crippen LogP contribution in [0.15, 0.2) is 12.3 Å². The molecule has 0 aliphatic heterocycles. The van der Waals surface area contributed by atoms with Gasteiger partial charge in [0.2, 0.25) is 5.88 Å². The summed E-state index contributed by atoms with van der Waals surface area (Å²) in [5.74, 6) is 1.87. The van der Waals surface area contributed by atoms with Gasteiger partial charge in [-0.25, -0.2) is 4.98 Å². The molecular formula is C12H18N2O2. The third-order valence-corrected chi connectivity index (χ3v) is 3.09. The van der Waals surface area contributed by atoms with E-state index in [1.807, 2.05) is 6.92 Å². The van der Waals surface area contributed by atoms with Crippen molar-refractivity contribution in [2.24, 2.45) is 5.92 Å². The van der Waals surface area contributed by atoms with E-state index in [2.05, 4.69) is 9.97 Å². The van der Waals surface area contributed by atoms with Gasteiger partial charge in [-0.3, -0.25) is 0 Å². The van der Waals surface area contributed by atoms with E-state index in [4.69, 9.17) is 9.84 Å². The molecule has 0 aromatic carbocycles. The molecule has 0 spiro atoms. The average Bonchev–Trinajstić information content (AvgIpc) is 2.30. The molecule has 0 amide bonds. The Balaban J connectivity index is 1.87. The minimum absolute atomic E-state index is 0.247. The summed E-state index contributed by atoms with van der Waals surface area (Å²) in [6.45, 7) is 2.16. The number of aliphatic hydroxyl groups is 1. The third-order valence-electron chi connectivity index (χ3n) is 3.09. The van der Waals surface area contributed by atoms with Crippen LogP contribution >= 0.6 is 0 Å². The summed E-state index contributed by atoms with van der Waals surface area (Å²) in [7, 11) is 0. The van der Waals surface area contributed by atoms with Crippen LogP contribution in [-0.4, -0.2) is 27.8 Å². The first-order valence-electron chi connectivity index (χ1n) is 5.85. The minimum atomic E-state index is 0.247. The number of hydrogen-bond donors (Lipinski definition) is 1. The molecule has 0 saturated heterocycles. The first-order valence-corrected chi connectivity index (χ1v) is 5.85. The molecule has 16 heavy (non-hydrogen) atoms. The highest BCUT2D eigenvalue weighted by atomic mass is 16.5. The van der Waals surface area contributed by atoms with Gasteiger partial charge in [0.1, 0.15) is 11.9 Å². The lowest BCUT2D eigenvalue weighted by atomic mass is 9.88. The fourth-order valence-electron chi connectivity index (χ4n) is 2.10. The van der Waals surface area contributed by atoms with E-state index >= 15 is 0 Å². The lowest BCUT2D eigenvalue weighted by Crippen LogP contribution is -2.25. The zero-order chi connectivity index (χ0) is 11.4. The van der Waals surface area contributed by atoms with Crippen molar-refractivity contribution in [2.45, 2.75) is 38.7 Å². The molecule has 0 bridgehead atoms. The Hall–Kier alpha value is -1.16. The summed E-state index contributed by atoms with van der Waals surface area (Å²) in [5, 5.41) is 9.04. The Labute approximate surface area is 95.7 Å². The van der Waals surface area contributed by atoms with E-state index < -0.39 is 0 Å². The first-order chi connectivity index (χ1) is 7.78. The van der Waals surface area contributed by atoms with Crippen LogP contribution in [0.2, 0.25) is 0 Å². The standard InChI is InChI=1S/C12H18N2O2/c1-9-13-7-6-12(14-9)16-11-4-2-10(8-15)3-5-11/h6-7,10-11,15H,2-5,8H2,1H3. The van der Waals surface area contributed by atoms with Crippen molar-refractivity contribution in [1.29, 1.82) is 0 Å². The summed E-state index contributed by atoms with van der Waals surface area (Å²) < 4.78 is 5.80. The number of nitrogens with zero attached hydrogens (tertiary/aromatic N) is 2. The van der Waals surface area contributed by atoms with Gasteiger partial charge in [-0.2, -0.15) is 4.98 Å². The van der Waals surface area contributed by atoms with Gasteiger partial charge in [-0.05, 0) is 38.5 Å². The lowest BCUT2D eigenvalue weighted by Gasteiger charge is -2.27. The number of ether oxygens (including phenoxy) is 1. The van der Waals surface area contributed by atoms with Gasteiger partial charge in [0.15, 0.2) is 0 Å². The number of aromatic nitrogens is 2. The number of aliphatic hydroxyl groups excluding tert-OH is 1. The van der Waals surface area contributed by atoms with E-state index in [9.17, 15) is 0 Å². The van der Waals surface area contributed by atoms with E-state index in [1.165, 1.54) is 0 Å². The van der Waals surface area contributed by atoms with Crippen molar-refractivity contribution in [3.8, 4) is 5.88 Å². The molecular weight excluding hydrogens is 204 g/mol. The summed E-state index contributed by atoms with van der Waals surface area (Å²) in [4.78, 5) is 8.26. The minimum Gasteiger partial charge on any atom is -0.474 e. The van der Waals surface area contributed by atoms with E-state index in [1.54, 1.807) is 12.3 Å². The third kappa shape index (κ3) is 2.92. The Kier molecular flexibility index (Phi) is 3.72. The summed E-state index contributed by atoms with van der Waals surface area (Å²) in [6.07, 6.45) is 6.08. The van der Waals surface area contributed by atoms with Crippen LogP contribution in [0.25, 0.3) is 0 Å². The molecule has 1 aromatic rings. The summed E-state index contributed by atoms with van der Waals surface area (Å²) >= 11 is 0. The molecule has 0 radical (unpaired) electrons. The summed E-state index contributed by atoms with van der Waals surface area (Å²) in [5.41, 5.74) is 0. The molecule has 4 heteroatoms. The fourth-order valence-corrected chi connectivity index (χ4v) is 2.10. The Morgan fingerprint density at radius 3 is 2.75 bits per heavy atom. The number of rotatable bonds is 3. The topological polar surface area (TPSA) is 55.2 Å². The highest BCUT2D eigenvalue weighted by molar-refractivity contribution is 5.08. The van der Waals surface area contributed by atoms with Crippen LogP contribution in [-0.2, 0) is 0 Å². The quantitative estimate of drug-likeness (QED) is 0.846. The predicted molar refractivity (Wildman–Crippen MR) is 60.2 cm³/mol. The molecule has 1 fully saturated rings. The Morgan fingerprint density at radius 2 is 2.12 bits per heavy atom. The molecule has 1 saturated carbocycles. The summed E-state index contributed by atoms with van der Waals surface area (Å²) in [6, 6.07) is 1.80. The van der Waals surface area contributed by atoms with Crippen molar-refractivity contribution < 1.29 is 9.84 Å². The second-order valence-electron chi connectivity index (χ2n) is 4.39. The molecule has 1 N–H and O–H groups in total. The monoisotopic (exact) mass is 222 g/mol. The highest BCUT2D eigenvalue weighted by Crippen LogP contribution is 2.26. The van der Waals surface area contributed by atoms with Crippen molar-refractivity contribution in [3.05, 3.63) is 18.1 Å². The SMILES string of the molecule is Cc1nccc(OC2CCC(CO)CC2)n1. The Bertz CT molecular complexity index is 336. The highest BCUT2D eigenvalue weighted by Gasteiger charge is 2.22. The van der Waals surface area contributed by atoms with Crippen LogP contribution in [0.1, 0.15) is 31.5 Å². The van der Waals surface area contributed by atoms with Gasteiger partial charge < -0.3 is 9.84 Å². The average molecular weight is 222 g/mol. The van der Waals surface area contributed by atoms with E-state index in [0.717, 1.165) is 31.5 Å². The normalized spacial score (nSPS) is 25.4. The van der Waals surface area contributed by atoms with Crippen LogP contribution in [0, 0.1) is 12.8 Å². The largest absolute Gasteiger partial charge is 0.474 e. The zero-order valence-corrected chi connectivity index (χ0v) is 9.59.